The number of hydrogen-bond donors (Lipinski definition) is 1. The smallest absolute Gasteiger partial charge is 0.303 e. The molecule has 0 saturated carbocycles. The lowest BCUT2D eigenvalue weighted by Gasteiger charge is -2.00. The normalized spacial score (nSPS) is 10.4. The number of nitro benzene ring substituents is 1. The number of nitro groups is 1. The predicted octanol–water partition coefficient (Wildman–Crippen LogP) is 2.58. The predicted molar refractivity (Wildman–Crippen MR) is 69.3 cm³/mol. The number of carboxylic acids is 1. The van der Waals surface area contributed by atoms with Gasteiger partial charge in [0.2, 0.25) is 0 Å². The molecule has 0 aliphatic carbocycles. The number of benzene rings is 1. The highest BCUT2D eigenvalue weighted by Crippen LogP contribution is 2.27. The first-order valence-electron chi connectivity index (χ1n) is 5.89. The quantitative estimate of drug-likeness (QED) is 0.664. The number of nitrogens with zero attached hydrogens (tertiary/aromatic N) is 2. The van der Waals surface area contributed by atoms with E-state index in [1.807, 2.05) is 0 Å². The molecule has 0 aliphatic heterocycles. The molecule has 0 fully saturated rings. The summed E-state index contributed by atoms with van der Waals surface area (Å²) >= 11 is 0. The van der Waals surface area contributed by atoms with Crippen LogP contribution in [0.15, 0.2) is 28.8 Å². The van der Waals surface area contributed by atoms with Gasteiger partial charge in [-0.05, 0) is 6.92 Å². The van der Waals surface area contributed by atoms with Crippen LogP contribution in [0.5, 0.6) is 0 Å². The van der Waals surface area contributed by atoms with Crippen molar-refractivity contribution in [1.82, 2.24) is 4.98 Å². The van der Waals surface area contributed by atoms with Crippen LogP contribution in [0.1, 0.15) is 17.9 Å². The van der Waals surface area contributed by atoms with Crippen molar-refractivity contribution in [3.8, 4) is 11.3 Å². The molecule has 0 aliphatic rings. The first-order valence-corrected chi connectivity index (χ1v) is 5.89. The Labute approximate surface area is 114 Å². The van der Waals surface area contributed by atoms with Gasteiger partial charge in [-0.3, -0.25) is 14.9 Å². The molecule has 1 N–H and O–H groups in total. The van der Waals surface area contributed by atoms with Crippen LogP contribution in [-0.2, 0) is 11.2 Å². The molecule has 1 aromatic carbocycles. The maximum Gasteiger partial charge on any atom is 0.303 e. The Hall–Kier alpha value is -2.70. The highest BCUT2D eigenvalue weighted by atomic mass is 16.6. The van der Waals surface area contributed by atoms with E-state index in [0.717, 1.165) is 0 Å². The molecule has 2 aromatic rings. The van der Waals surface area contributed by atoms with Crippen LogP contribution in [0.4, 0.5) is 5.69 Å². The zero-order valence-corrected chi connectivity index (χ0v) is 10.7. The minimum absolute atomic E-state index is 0.00554. The lowest BCUT2D eigenvalue weighted by molar-refractivity contribution is -0.385. The number of aliphatic carboxylic acids is 1. The van der Waals surface area contributed by atoms with Crippen molar-refractivity contribution < 1.29 is 19.2 Å². The van der Waals surface area contributed by atoms with E-state index in [2.05, 4.69) is 4.98 Å². The summed E-state index contributed by atoms with van der Waals surface area (Å²) in [6, 6.07) is 4.74. The Bertz CT molecular complexity index is 663. The third-order valence-corrected chi connectivity index (χ3v) is 2.80. The topological polar surface area (TPSA) is 106 Å². The summed E-state index contributed by atoms with van der Waals surface area (Å²) in [5.41, 5.74) is 1.10. The van der Waals surface area contributed by atoms with Crippen molar-refractivity contribution in [2.45, 2.75) is 19.8 Å². The molecule has 0 radical (unpaired) electrons. The van der Waals surface area contributed by atoms with Crippen molar-refractivity contribution in [3.05, 3.63) is 46.0 Å². The van der Waals surface area contributed by atoms with Crippen molar-refractivity contribution in [2.75, 3.05) is 0 Å². The molecule has 2 rings (SSSR count). The van der Waals surface area contributed by atoms with E-state index in [4.69, 9.17) is 9.52 Å². The lowest BCUT2D eigenvalue weighted by Crippen LogP contribution is -1.97. The molecular formula is C13H12N2O5. The molecule has 1 aromatic heterocycles. The molecule has 20 heavy (non-hydrogen) atoms. The van der Waals surface area contributed by atoms with Gasteiger partial charge < -0.3 is 9.52 Å². The largest absolute Gasteiger partial charge is 0.481 e. The molecule has 104 valence electrons. The summed E-state index contributed by atoms with van der Waals surface area (Å²) < 4.78 is 5.40. The van der Waals surface area contributed by atoms with Crippen LogP contribution in [-0.4, -0.2) is 21.0 Å². The van der Waals surface area contributed by atoms with E-state index >= 15 is 0 Å². The first-order chi connectivity index (χ1) is 9.47. The Balaban J connectivity index is 2.26. The van der Waals surface area contributed by atoms with Crippen LogP contribution in [0, 0.1) is 17.0 Å². The second-order valence-electron chi connectivity index (χ2n) is 4.27. The summed E-state index contributed by atoms with van der Waals surface area (Å²) in [7, 11) is 0. The fourth-order valence-electron chi connectivity index (χ4n) is 1.73. The molecular weight excluding hydrogens is 264 g/mol. The van der Waals surface area contributed by atoms with E-state index < -0.39 is 10.9 Å². The van der Waals surface area contributed by atoms with Crippen molar-refractivity contribution in [3.63, 3.8) is 0 Å². The Morgan fingerprint density at radius 3 is 2.90 bits per heavy atom. The maximum absolute atomic E-state index is 10.9. The summed E-state index contributed by atoms with van der Waals surface area (Å²) in [6.07, 6.45) is 1.54. The third kappa shape index (κ3) is 3.00. The molecule has 0 unspecified atom stereocenters. The Morgan fingerprint density at radius 2 is 2.25 bits per heavy atom. The zero-order chi connectivity index (χ0) is 14.7. The van der Waals surface area contributed by atoms with E-state index in [1.165, 1.54) is 12.3 Å². The van der Waals surface area contributed by atoms with E-state index in [1.54, 1.807) is 19.1 Å². The van der Waals surface area contributed by atoms with Gasteiger partial charge in [0.25, 0.3) is 5.69 Å². The van der Waals surface area contributed by atoms with Crippen LogP contribution in [0.3, 0.4) is 0 Å². The maximum atomic E-state index is 10.9. The molecule has 0 amide bonds. The average Bonchev–Trinajstić information content (AvgIpc) is 2.85. The van der Waals surface area contributed by atoms with Crippen LogP contribution in [0.25, 0.3) is 11.3 Å². The molecule has 0 saturated heterocycles. The van der Waals surface area contributed by atoms with Gasteiger partial charge in [0.1, 0.15) is 0 Å². The van der Waals surface area contributed by atoms with Gasteiger partial charge in [-0.2, -0.15) is 0 Å². The van der Waals surface area contributed by atoms with E-state index in [0.29, 0.717) is 22.8 Å². The van der Waals surface area contributed by atoms with Crippen LogP contribution < -0.4 is 0 Å². The number of hydrogen-bond acceptors (Lipinski definition) is 5. The minimum Gasteiger partial charge on any atom is -0.481 e. The van der Waals surface area contributed by atoms with Gasteiger partial charge in [-0.1, -0.05) is 12.1 Å². The Morgan fingerprint density at radius 1 is 1.50 bits per heavy atom. The first kappa shape index (κ1) is 13.7. The van der Waals surface area contributed by atoms with Crippen molar-refractivity contribution in [1.29, 1.82) is 0 Å². The van der Waals surface area contributed by atoms with Gasteiger partial charge >= 0.3 is 5.97 Å². The fourth-order valence-corrected chi connectivity index (χ4v) is 1.73. The highest BCUT2D eigenvalue weighted by Gasteiger charge is 2.14. The van der Waals surface area contributed by atoms with Crippen LogP contribution >= 0.6 is 0 Å². The van der Waals surface area contributed by atoms with Gasteiger partial charge in [-0.15, -0.1) is 0 Å². The van der Waals surface area contributed by atoms with Crippen LogP contribution in [0.2, 0.25) is 0 Å². The average molecular weight is 276 g/mol. The third-order valence-electron chi connectivity index (χ3n) is 2.80. The number of carbonyl (C=O) groups is 1. The number of carboxylic acid groups (broad SMARTS) is 1. The molecule has 7 nitrogen and oxygen atoms in total. The fraction of sp³-hybridized carbons (Fsp3) is 0.231. The molecule has 1 heterocycles. The molecule has 0 bridgehead atoms. The summed E-state index contributed by atoms with van der Waals surface area (Å²) in [5.74, 6) is -0.255. The number of oxazole rings is 1. The highest BCUT2D eigenvalue weighted by molar-refractivity contribution is 5.67. The monoisotopic (exact) mass is 276 g/mol. The zero-order valence-electron chi connectivity index (χ0n) is 10.7. The SMILES string of the molecule is Cc1ccc(-c2cnc(CCC(=O)O)o2)cc1[N+](=O)[O-]. The second kappa shape index (κ2) is 5.52. The lowest BCUT2D eigenvalue weighted by atomic mass is 10.1. The summed E-state index contributed by atoms with van der Waals surface area (Å²) in [4.78, 5) is 24.8. The number of aromatic nitrogens is 1. The van der Waals surface area contributed by atoms with Crippen molar-refractivity contribution >= 4 is 11.7 Å². The second-order valence-corrected chi connectivity index (χ2v) is 4.27. The van der Waals surface area contributed by atoms with Gasteiger partial charge in [0.05, 0.1) is 17.5 Å². The van der Waals surface area contributed by atoms with Gasteiger partial charge in [0.15, 0.2) is 11.7 Å². The standard InChI is InChI=1S/C13H12N2O5/c1-8-2-3-9(6-10(8)15(18)19)11-7-14-12(20-11)4-5-13(16)17/h2-3,6-7H,4-5H2,1H3,(H,16,17). The minimum atomic E-state index is -0.935. The van der Waals surface area contributed by atoms with E-state index in [9.17, 15) is 14.9 Å². The Kier molecular flexibility index (Phi) is 3.79. The molecule has 7 heteroatoms. The van der Waals surface area contributed by atoms with Gasteiger partial charge in [-0.25, -0.2) is 4.98 Å². The van der Waals surface area contributed by atoms with E-state index in [-0.39, 0.29) is 18.5 Å². The molecule has 0 spiro atoms. The van der Waals surface area contributed by atoms with Gasteiger partial charge in [0, 0.05) is 23.6 Å². The molecule has 0 atom stereocenters. The number of rotatable bonds is 5. The summed E-state index contributed by atoms with van der Waals surface area (Å²) in [6.45, 7) is 1.65. The summed E-state index contributed by atoms with van der Waals surface area (Å²) in [5, 5.41) is 19.5. The van der Waals surface area contributed by atoms with Crippen molar-refractivity contribution in [2.24, 2.45) is 0 Å². The number of aryl methyl sites for hydroxylation is 2.